The highest BCUT2D eigenvalue weighted by atomic mass is 32.2. The molecule has 30 heavy (non-hydrogen) atoms. The Bertz CT molecular complexity index is 1230. The highest BCUT2D eigenvalue weighted by molar-refractivity contribution is 7.93. The predicted molar refractivity (Wildman–Crippen MR) is 107 cm³/mol. The number of amides is 1. The highest BCUT2D eigenvalue weighted by Gasteiger charge is 2.24. The third-order valence-corrected chi connectivity index (χ3v) is 5.88. The number of hydrogen-bond acceptors (Lipinski definition) is 9. The summed E-state index contributed by atoms with van der Waals surface area (Å²) >= 11 is 1.10. The van der Waals surface area contributed by atoms with Crippen molar-refractivity contribution in [2.45, 2.75) is 4.90 Å². The van der Waals surface area contributed by atoms with E-state index in [2.05, 4.69) is 15.0 Å². The van der Waals surface area contributed by atoms with Crippen LogP contribution in [-0.2, 0) is 10.0 Å². The lowest BCUT2D eigenvalue weighted by Crippen LogP contribution is -2.15. The molecule has 1 aromatic heterocycles. The number of aromatic nitrogens is 1. The highest BCUT2D eigenvalue weighted by Crippen LogP contribution is 2.26. The second-order valence-electron chi connectivity index (χ2n) is 5.64. The lowest BCUT2D eigenvalue weighted by atomic mass is 10.1. The SMILES string of the molecule is O=C(Nc1ccc(S(=O)(=O)Nc2nccs2)cc1)c1ccc([N+](=O)[O-])cc1[N+](=O)[O-]. The van der Waals surface area contributed by atoms with Crippen molar-refractivity contribution in [2.75, 3.05) is 10.0 Å². The zero-order valence-corrected chi connectivity index (χ0v) is 16.3. The number of nitrogens with one attached hydrogen (secondary N) is 2. The van der Waals surface area contributed by atoms with Crippen molar-refractivity contribution in [3.63, 3.8) is 0 Å². The molecule has 0 fully saturated rings. The molecule has 0 bridgehead atoms. The van der Waals surface area contributed by atoms with E-state index in [1.54, 1.807) is 5.38 Å². The van der Waals surface area contributed by atoms with Gasteiger partial charge in [0.25, 0.3) is 27.3 Å². The monoisotopic (exact) mass is 449 g/mol. The van der Waals surface area contributed by atoms with Crippen molar-refractivity contribution < 1.29 is 23.1 Å². The van der Waals surface area contributed by atoms with Gasteiger partial charge in [0.2, 0.25) is 0 Å². The fraction of sp³-hybridized carbons (Fsp3) is 0. The summed E-state index contributed by atoms with van der Waals surface area (Å²) in [4.78, 5) is 36.4. The third-order valence-electron chi connectivity index (χ3n) is 3.71. The number of nitro benzene ring substituents is 2. The van der Waals surface area contributed by atoms with Gasteiger partial charge in [-0.3, -0.25) is 29.7 Å². The number of thiazole rings is 1. The van der Waals surface area contributed by atoms with E-state index in [0.29, 0.717) is 6.07 Å². The molecule has 0 saturated heterocycles. The minimum atomic E-state index is -3.88. The van der Waals surface area contributed by atoms with Gasteiger partial charge in [-0.05, 0) is 30.3 Å². The van der Waals surface area contributed by atoms with Gasteiger partial charge in [0.15, 0.2) is 5.13 Å². The molecule has 2 N–H and O–H groups in total. The number of sulfonamides is 1. The van der Waals surface area contributed by atoms with Gasteiger partial charge in [-0.25, -0.2) is 13.4 Å². The van der Waals surface area contributed by atoms with Gasteiger partial charge in [-0.15, -0.1) is 11.3 Å². The van der Waals surface area contributed by atoms with E-state index < -0.39 is 37.2 Å². The van der Waals surface area contributed by atoms with Crippen molar-refractivity contribution in [2.24, 2.45) is 0 Å². The second-order valence-corrected chi connectivity index (χ2v) is 8.21. The number of anilines is 2. The molecule has 3 rings (SSSR count). The van der Waals surface area contributed by atoms with Crippen molar-refractivity contribution in [1.82, 2.24) is 4.98 Å². The fourth-order valence-corrected chi connectivity index (χ4v) is 4.13. The molecule has 0 atom stereocenters. The van der Waals surface area contributed by atoms with Gasteiger partial charge in [0.1, 0.15) is 5.56 Å². The second kappa shape index (κ2) is 8.22. The molecule has 1 heterocycles. The van der Waals surface area contributed by atoms with Crippen LogP contribution in [0, 0.1) is 20.2 Å². The Kier molecular flexibility index (Phi) is 5.70. The average molecular weight is 449 g/mol. The maximum Gasteiger partial charge on any atom is 0.289 e. The van der Waals surface area contributed by atoms with Crippen molar-refractivity contribution in [3.05, 3.63) is 79.8 Å². The van der Waals surface area contributed by atoms with Crippen LogP contribution in [0.4, 0.5) is 22.2 Å². The van der Waals surface area contributed by atoms with Crippen molar-refractivity contribution in [1.29, 1.82) is 0 Å². The minimum absolute atomic E-state index is 0.0861. The Morgan fingerprint density at radius 2 is 1.73 bits per heavy atom. The Morgan fingerprint density at radius 1 is 1.03 bits per heavy atom. The van der Waals surface area contributed by atoms with Crippen LogP contribution in [0.2, 0.25) is 0 Å². The molecule has 2 aromatic carbocycles. The van der Waals surface area contributed by atoms with Crippen LogP contribution in [0.1, 0.15) is 10.4 Å². The van der Waals surface area contributed by atoms with Crippen LogP contribution in [0.15, 0.2) is 58.9 Å². The van der Waals surface area contributed by atoms with Crippen LogP contribution >= 0.6 is 11.3 Å². The number of benzene rings is 2. The van der Waals surface area contributed by atoms with E-state index >= 15 is 0 Å². The summed E-state index contributed by atoms with van der Waals surface area (Å²) in [5.41, 5.74) is -1.47. The quantitative estimate of drug-likeness (QED) is 0.409. The molecule has 1 amide bonds. The third kappa shape index (κ3) is 4.56. The van der Waals surface area contributed by atoms with Crippen molar-refractivity contribution >= 4 is 49.5 Å². The molecule has 0 aliphatic rings. The van der Waals surface area contributed by atoms with Crippen LogP contribution in [0.25, 0.3) is 0 Å². The molecule has 0 unspecified atom stereocenters. The summed E-state index contributed by atoms with van der Waals surface area (Å²) in [6, 6.07) is 7.70. The summed E-state index contributed by atoms with van der Waals surface area (Å²) in [5.74, 6) is -0.881. The first-order valence-electron chi connectivity index (χ1n) is 7.94. The smallest absolute Gasteiger partial charge is 0.289 e. The number of hydrogen-bond donors (Lipinski definition) is 2. The molecule has 0 aliphatic carbocycles. The number of carbonyl (C=O) groups excluding carboxylic acids is 1. The van der Waals surface area contributed by atoms with Gasteiger partial charge in [0, 0.05) is 23.3 Å². The van der Waals surface area contributed by atoms with E-state index in [-0.39, 0.29) is 21.3 Å². The van der Waals surface area contributed by atoms with Crippen LogP contribution in [-0.4, -0.2) is 29.2 Å². The Hall–Kier alpha value is -3.91. The summed E-state index contributed by atoms with van der Waals surface area (Å²) < 4.78 is 26.9. The molecular weight excluding hydrogens is 438 g/mol. The molecule has 154 valence electrons. The lowest BCUT2D eigenvalue weighted by Gasteiger charge is -2.08. The largest absolute Gasteiger partial charge is 0.322 e. The van der Waals surface area contributed by atoms with Crippen LogP contribution in [0.5, 0.6) is 0 Å². The fourth-order valence-electron chi connectivity index (χ4n) is 2.34. The topological polar surface area (TPSA) is 174 Å². The van der Waals surface area contributed by atoms with E-state index in [0.717, 1.165) is 23.5 Å². The Labute approximate surface area is 172 Å². The number of rotatable bonds is 7. The van der Waals surface area contributed by atoms with Crippen molar-refractivity contribution in [3.8, 4) is 0 Å². The molecule has 0 radical (unpaired) electrons. The number of non-ortho nitro benzene ring substituents is 1. The van der Waals surface area contributed by atoms with E-state index in [4.69, 9.17) is 0 Å². The zero-order valence-electron chi connectivity index (χ0n) is 14.7. The normalized spacial score (nSPS) is 10.9. The molecule has 0 spiro atoms. The number of nitrogens with zero attached hydrogens (tertiary/aromatic N) is 3. The molecule has 3 aromatic rings. The standard InChI is InChI=1S/C16H11N5O7S2/c22-15(13-6-3-11(20(23)24)9-14(13)21(25)26)18-10-1-4-12(5-2-10)30(27,28)19-16-17-7-8-29-16/h1-9H,(H,17,19)(H,18,22). The molecule has 12 nitrogen and oxygen atoms in total. The maximum atomic E-state index is 12.4. The predicted octanol–water partition coefficient (Wildman–Crippen LogP) is 3.01. The van der Waals surface area contributed by atoms with E-state index in [9.17, 15) is 33.4 Å². The minimum Gasteiger partial charge on any atom is -0.322 e. The van der Waals surface area contributed by atoms with Gasteiger partial charge in [0.05, 0.1) is 20.8 Å². The molecule has 14 heteroatoms. The molecular formula is C16H11N5O7S2. The van der Waals surface area contributed by atoms with E-state index in [1.807, 2.05) is 0 Å². The zero-order chi connectivity index (χ0) is 21.9. The first-order valence-corrected chi connectivity index (χ1v) is 10.3. The summed E-state index contributed by atoms with van der Waals surface area (Å²) in [6.07, 6.45) is 1.44. The van der Waals surface area contributed by atoms with Gasteiger partial charge < -0.3 is 5.32 Å². The first-order chi connectivity index (χ1) is 14.2. The first kappa shape index (κ1) is 20.8. The number of nitro groups is 2. The summed E-state index contributed by atoms with van der Waals surface area (Å²) in [6.45, 7) is 0. The average Bonchev–Trinajstić information content (AvgIpc) is 3.20. The van der Waals surface area contributed by atoms with Crippen LogP contribution < -0.4 is 10.0 Å². The lowest BCUT2D eigenvalue weighted by molar-refractivity contribution is -0.394. The van der Waals surface area contributed by atoms with Gasteiger partial charge in [-0.1, -0.05) is 0 Å². The molecule has 0 saturated carbocycles. The number of carbonyl (C=O) groups is 1. The molecule has 0 aliphatic heterocycles. The van der Waals surface area contributed by atoms with Gasteiger partial charge in [-0.2, -0.15) is 0 Å². The Morgan fingerprint density at radius 3 is 2.30 bits per heavy atom. The Balaban J connectivity index is 1.79. The summed E-state index contributed by atoms with van der Waals surface area (Å²) in [7, 11) is -3.88. The van der Waals surface area contributed by atoms with E-state index in [1.165, 1.54) is 30.5 Å². The van der Waals surface area contributed by atoms with Crippen LogP contribution in [0.3, 0.4) is 0 Å². The maximum absolute atomic E-state index is 12.4. The summed E-state index contributed by atoms with van der Waals surface area (Å²) in [5, 5.41) is 26.1. The van der Waals surface area contributed by atoms with Gasteiger partial charge >= 0.3 is 0 Å².